The second-order valence-corrected chi connectivity index (χ2v) is 8.28. The first-order valence-electron chi connectivity index (χ1n) is 8.94. The number of halogens is 1. The number of sulfonamides is 1. The first-order valence-corrected chi connectivity index (χ1v) is 10.5. The van der Waals surface area contributed by atoms with Gasteiger partial charge in [-0.3, -0.25) is 4.79 Å². The van der Waals surface area contributed by atoms with Crippen LogP contribution in [0.3, 0.4) is 0 Å². The topological polar surface area (TPSA) is 122 Å². The van der Waals surface area contributed by atoms with Crippen molar-refractivity contribution >= 4 is 27.6 Å². The Labute approximate surface area is 167 Å². The summed E-state index contributed by atoms with van der Waals surface area (Å²) in [6.45, 7) is 0.649. The van der Waals surface area contributed by atoms with E-state index in [1.165, 1.54) is 41.3 Å². The van der Waals surface area contributed by atoms with E-state index in [1.807, 2.05) is 0 Å². The van der Waals surface area contributed by atoms with Gasteiger partial charge >= 0.3 is 6.03 Å². The van der Waals surface area contributed by atoms with E-state index in [0.29, 0.717) is 25.2 Å². The third kappa shape index (κ3) is 5.52. The van der Waals surface area contributed by atoms with Gasteiger partial charge in [0.25, 0.3) is 0 Å². The molecule has 0 aliphatic carbocycles. The minimum absolute atomic E-state index is 0.0311. The third-order valence-electron chi connectivity index (χ3n) is 4.55. The fourth-order valence-electron chi connectivity index (χ4n) is 3.08. The van der Waals surface area contributed by atoms with Crippen LogP contribution in [-0.4, -0.2) is 39.5 Å². The second kappa shape index (κ2) is 8.58. The quantitative estimate of drug-likeness (QED) is 0.648. The lowest BCUT2D eigenvalue weighted by molar-refractivity contribution is -0.117. The fourth-order valence-corrected chi connectivity index (χ4v) is 3.59. The molecule has 1 saturated heterocycles. The number of benzene rings is 2. The molecule has 4 N–H and O–H groups in total. The first kappa shape index (κ1) is 20.7. The average Bonchev–Trinajstić information content (AvgIpc) is 3.02. The molecule has 1 unspecified atom stereocenters. The molecule has 1 aliphatic rings. The molecule has 8 nitrogen and oxygen atoms in total. The summed E-state index contributed by atoms with van der Waals surface area (Å²) in [5.41, 5.74) is 1.43. The third-order valence-corrected chi connectivity index (χ3v) is 5.48. The van der Waals surface area contributed by atoms with Gasteiger partial charge in [-0.15, -0.1) is 0 Å². The van der Waals surface area contributed by atoms with Crippen LogP contribution in [0.1, 0.15) is 12.0 Å². The smallest absolute Gasteiger partial charge is 0.315 e. The van der Waals surface area contributed by atoms with Gasteiger partial charge < -0.3 is 15.5 Å². The normalized spacial score (nSPS) is 16.7. The summed E-state index contributed by atoms with van der Waals surface area (Å²) in [6.07, 6.45) is 0.670. The number of primary sulfonamides is 1. The average molecular weight is 420 g/mol. The molecular weight excluding hydrogens is 399 g/mol. The SMILES string of the molecule is NS(=O)(=O)c1ccc(CCNC(=O)NC2CC(=O)N(c3ccc(F)cc3)C2)cc1. The van der Waals surface area contributed by atoms with Crippen molar-refractivity contribution in [3.63, 3.8) is 0 Å². The Morgan fingerprint density at radius 2 is 1.79 bits per heavy atom. The number of hydrogen-bond acceptors (Lipinski definition) is 4. The summed E-state index contributed by atoms with van der Waals surface area (Å²) in [5, 5.41) is 10.5. The molecule has 3 rings (SSSR count). The number of nitrogens with zero attached hydrogens (tertiary/aromatic N) is 1. The molecule has 0 bridgehead atoms. The van der Waals surface area contributed by atoms with Gasteiger partial charge in [0.05, 0.1) is 10.9 Å². The van der Waals surface area contributed by atoms with Crippen LogP contribution in [-0.2, 0) is 21.2 Å². The molecule has 1 heterocycles. The van der Waals surface area contributed by atoms with E-state index in [9.17, 15) is 22.4 Å². The maximum atomic E-state index is 13.0. The van der Waals surface area contributed by atoms with E-state index in [1.54, 1.807) is 12.1 Å². The number of carbonyl (C=O) groups excluding carboxylic acids is 2. The van der Waals surface area contributed by atoms with Crippen LogP contribution in [0.25, 0.3) is 0 Å². The Morgan fingerprint density at radius 3 is 2.41 bits per heavy atom. The summed E-state index contributed by atoms with van der Waals surface area (Å²) < 4.78 is 35.5. The van der Waals surface area contributed by atoms with Crippen molar-refractivity contribution in [2.75, 3.05) is 18.0 Å². The Kier molecular flexibility index (Phi) is 6.14. The minimum atomic E-state index is -3.73. The van der Waals surface area contributed by atoms with Gasteiger partial charge in [-0.1, -0.05) is 12.1 Å². The van der Waals surface area contributed by atoms with Crippen molar-refractivity contribution in [3.8, 4) is 0 Å². The van der Waals surface area contributed by atoms with E-state index >= 15 is 0 Å². The Morgan fingerprint density at radius 1 is 1.14 bits per heavy atom. The number of amides is 3. The van der Waals surface area contributed by atoms with Crippen LogP contribution in [0.4, 0.5) is 14.9 Å². The number of urea groups is 1. The first-order chi connectivity index (χ1) is 13.7. The number of nitrogens with one attached hydrogen (secondary N) is 2. The van der Waals surface area contributed by atoms with Gasteiger partial charge in [0.15, 0.2) is 0 Å². The van der Waals surface area contributed by atoms with E-state index < -0.39 is 16.1 Å². The lowest BCUT2D eigenvalue weighted by atomic mass is 10.1. The fraction of sp³-hybridized carbons (Fsp3) is 0.263. The van der Waals surface area contributed by atoms with E-state index in [4.69, 9.17) is 5.14 Å². The molecule has 3 amide bonds. The van der Waals surface area contributed by atoms with Crippen LogP contribution >= 0.6 is 0 Å². The molecule has 2 aromatic rings. The zero-order chi connectivity index (χ0) is 21.0. The largest absolute Gasteiger partial charge is 0.338 e. The predicted octanol–water partition coefficient (Wildman–Crippen LogP) is 1.12. The highest BCUT2D eigenvalue weighted by Gasteiger charge is 2.31. The van der Waals surface area contributed by atoms with Gasteiger partial charge in [-0.2, -0.15) is 0 Å². The number of hydrogen-bond donors (Lipinski definition) is 3. The van der Waals surface area contributed by atoms with Gasteiger partial charge in [0.1, 0.15) is 5.82 Å². The van der Waals surface area contributed by atoms with Crippen molar-refractivity contribution < 1.29 is 22.4 Å². The standard InChI is InChI=1S/C19H21FN4O4S/c20-14-3-5-16(6-4-14)24-12-15(11-18(24)25)23-19(26)22-10-9-13-1-7-17(8-2-13)29(21,27)28/h1-8,15H,9-12H2,(H2,21,27,28)(H2,22,23,26). The molecule has 154 valence electrons. The van der Waals surface area contributed by atoms with Gasteiger partial charge in [0, 0.05) is 25.2 Å². The highest BCUT2D eigenvalue weighted by atomic mass is 32.2. The molecule has 1 fully saturated rings. The molecule has 0 spiro atoms. The molecule has 10 heteroatoms. The van der Waals surface area contributed by atoms with Crippen molar-refractivity contribution in [2.45, 2.75) is 23.8 Å². The van der Waals surface area contributed by atoms with Crippen molar-refractivity contribution in [1.82, 2.24) is 10.6 Å². The highest BCUT2D eigenvalue weighted by molar-refractivity contribution is 7.89. The van der Waals surface area contributed by atoms with E-state index in [-0.39, 0.29) is 29.1 Å². The zero-order valence-corrected chi connectivity index (χ0v) is 16.3. The lowest BCUT2D eigenvalue weighted by Gasteiger charge is -2.17. The Hall–Kier alpha value is -2.98. The van der Waals surface area contributed by atoms with E-state index in [0.717, 1.165) is 5.56 Å². The Bertz CT molecular complexity index is 994. The van der Waals surface area contributed by atoms with Gasteiger partial charge in [-0.05, 0) is 48.4 Å². The Balaban J connectivity index is 1.45. The second-order valence-electron chi connectivity index (χ2n) is 6.72. The summed E-state index contributed by atoms with van der Waals surface area (Å²) in [6, 6.07) is 11.0. The van der Waals surface area contributed by atoms with Gasteiger partial charge in [-0.25, -0.2) is 22.7 Å². The van der Waals surface area contributed by atoms with Gasteiger partial charge in [0.2, 0.25) is 15.9 Å². The molecular formula is C19H21FN4O4S. The van der Waals surface area contributed by atoms with Crippen molar-refractivity contribution in [1.29, 1.82) is 0 Å². The summed E-state index contributed by atoms with van der Waals surface area (Å²) >= 11 is 0. The minimum Gasteiger partial charge on any atom is -0.338 e. The van der Waals surface area contributed by atoms with E-state index in [2.05, 4.69) is 10.6 Å². The van der Waals surface area contributed by atoms with Crippen LogP contribution in [0, 0.1) is 5.82 Å². The number of nitrogens with two attached hydrogens (primary N) is 1. The highest BCUT2D eigenvalue weighted by Crippen LogP contribution is 2.21. The number of anilines is 1. The zero-order valence-electron chi connectivity index (χ0n) is 15.5. The van der Waals surface area contributed by atoms with Crippen LogP contribution in [0.5, 0.6) is 0 Å². The van der Waals surface area contributed by atoms with Crippen LogP contribution < -0.4 is 20.7 Å². The molecule has 0 saturated carbocycles. The van der Waals surface area contributed by atoms with Crippen LogP contribution in [0.15, 0.2) is 53.4 Å². The number of rotatable bonds is 6. The molecule has 0 aromatic heterocycles. The molecule has 29 heavy (non-hydrogen) atoms. The van der Waals surface area contributed by atoms with Crippen molar-refractivity contribution in [2.24, 2.45) is 5.14 Å². The summed E-state index contributed by atoms with van der Waals surface area (Å²) in [5.74, 6) is -0.523. The van der Waals surface area contributed by atoms with Crippen LogP contribution in [0.2, 0.25) is 0 Å². The maximum absolute atomic E-state index is 13.0. The number of carbonyl (C=O) groups is 2. The summed E-state index contributed by atoms with van der Waals surface area (Å²) in [4.78, 5) is 25.8. The monoisotopic (exact) mass is 420 g/mol. The molecule has 2 aromatic carbocycles. The molecule has 1 atom stereocenters. The van der Waals surface area contributed by atoms with Crippen molar-refractivity contribution in [3.05, 3.63) is 59.9 Å². The lowest BCUT2D eigenvalue weighted by Crippen LogP contribution is -2.43. The predicted molar refractivity (Wildman–Crippen MR) is 105 cm³/mol. The molecule has 1 aliphatic heterocycles. The molecule has 0 radical (unpaired) electrons. The maximum Gasteiger partial charge on any atom is 0.315 e. The summed E-state index contributed by atoms with van der Waals surface area (Å²) in [7, 11) is -3.73.